The number of anilines is 1. The SMILES string of the molecule is CCCc1cc(C(=O)N(CC2CC2)C(C)C)cc(N)n1. The first kappa shape index (κ1) is 14.8. The van der Waals surface area contributed by atoms with Crippen LogP contribution in [0.1, 0.15) is 56.1 Å². The highest BCUT2D eigenvalue weighted by Crippen LogP contribution is 2.31. The van der Waals surface area contributed by atoms with Crippen LogP contribution in [-0.2, 0) is 6.42 Å². The smallest absolute Gasteiger partial charge is 0.254 e. The quantitative estimate of drug-likeness (QED) is 0.868. The number of carbonyl (C=O) groups is 1. The van der Waals surface area contributed by atoms with E-state index in [0.29, 0.717) is 17.3 Å². The Morgan fingerprint density at radius 2 is 2.15 bits per heavy atom. The second-order valence-electron chi connectivity index (χ2n) is 6.02. The van der Waals surface area contributed by atoms with Crippen LogP contribution in [0.25, 0.3) is 0 Å². The van der Waals surface area contributed by atoms with Gasteiger partial charge in [-0.3, -0.25) is 4.79 Å². The van der Waals surface area contributed by atoms with E-state index in [1.54, 1.807) is 6.07 Å². The van der Waals surface area contributed by atoms with Crippen molar-refractivity contribution in [3.05, 3.63) is 23.4 Å². The average molecular weight is 275 g/mol. The molecule has 1 aromatic heterocycles. The number of hydrogen-bond acceptors (Lipinski definition) is 3. The Labute approximate surface area is 121 Å². The van der Waals surface area contributed by atoms with Gasteiger partial charge in [-0.1, -0.05) is 13.3 Å². The normalized spacial score (nSPS) is 14.6. The Morgan fingerprint density at radius 3 is 2.70 bits per heavy atom. The molecule has 0 aliphatic heterocycles. The Balaban J connectivity index is 2.20. The largest absolute Gasteiger partial charge is 0.384 e. The van der Waals surface area contributed by atoms with Crippen molar-refractivity contribution < 1.29 is 4.79 Å². The van der Waals surface area contributed by atoms with E-state index in [0.717, 1.165) is 25.1 Å². The minimum absolute atomic E-state index is 0.0818. The van der Waals surface area contributed by atoms with Crippen LogP contribution in [0.5, 0.6) is 0 Å². The fraction of sp³-hybridized carbons (Fsp3) is 0.625. The van der Waals surface area contributed by atoms with Crippen molar-refractivity contribution in [3.63, 3.8) is 0 Å². The van der Waals surface area contributed by atoms with Crippen LogP contribution in [0.3, 0.4) is 0 Å². The Bertz CT molecular complexity index is 481. The lowest BCUT2D eigenvalue weighted by Crippen LogP contribution is -2.38. The number of aryl methyl sites for hydroxylation is 1. The van der Waals surface area contributed by atoms with E-state index < -0.39 is 0 Å². The van der Waals surface area contributed by atoms with Gasteiger partial charge in [0.25, 0.3) is 5.91 Å². The maximum absolute atomic E-state index is 12.7. The molecule has 0 spiro atoms. The van der Waals surface area contributed by atoms with Gasteiger partial charge in [-0.25, -0.2) is 4.98 Å². The van der Waals surface area contributed by atoms with E-state index >= 15 is 0 Å². The fourth-order valence-electron chi connectivity index (χ4n) is 2.39. The summed E-state index contributed by atoms with van der Waals surface area (Å²) in [5.74, 6) is 1.21. The second kappa shape index (κ2) is 6.25. The van der Waals surface area contributed by atoms with Gasteiger partial charge in [-0.15, -0.1) is 0 Å². The van der Waals surface area contributed by atoms with E-state index in [1.807, 2.05) is 11.0 Å². The van der Waals surface area contributed by atoms with Gasteiger partial charge in [0.05, 0.1) is 0 Å². The first-order chi connectivity index (χ1) is 9.51. The van der Waals surface area contributed by atoms with Gasteiger partial charge in [0.15, 0.2) is 0 Å². The molecule has 20 heavy (non-hydrogen) atoms. The number of hydrogen-bond donors (Lipinski definition) is 1. The van der Waals surface area contributed by atoms with Crippen molar-refractivity contribution in [3.8, 4) is 0 Å². The fourth-order valence-corrected chi connectivity index (χ4v) is 2.39. The molecule has 1 saturated carbocycles. The highest BCUT2D eigenvalue weighted by molar-refractivity contribution is 5.95. The molecule has 1 aliphatic carbocycles. The molecule has 1 aliphatic rings. The molecule has 4 nitrogen and oxygen atoms in total. The minimum atomic E-state index is 0.0818. The number of nitrogens with two attached hydrogens (primary N) is 1. The zero-order chi connectivity index (χ0) is 14.7. The standard InChI is InChI=1S/C16H25N3O/c1-4-5-14-8-13(9-15(17)18-14)16(20)19(11(2)3)10-12-6-7-12/h8-9,11-12H,4-7,10H2,1-3H3,(H2,17,18). The number of nitrogen functional groups attached to an aromatic ring is 1. The van der Waals surface area contributed by atoms with Crippen LogP contribution >= 0.6 is 0 Å². The molecule has 2 rings (SSSR count). The molecule has 1 fully saturated rings. The summed E-state index contributed by atoms with van der Waals surface area (Å²) >= 11 is 0. The third-order valence-corrected chi connectivity index (χ3v) is 3.69. The van der Waals surface area contributed by atoms with Gasteiger partial charge >= 0.3 is 0 Å². The lowest BCUT2D eigenvalue weighted by molar-refractivity contribution is 0.0696. The van der Waals surface area contributed by atoms with Crippen LogP contribution in [0, 0.1) is 5.92 Å². The second-order valence-corrected chi connectivity index (χ2v) is 6.02. The van der Waals surface area contributed by atoms with Crippen molar-refractivity contribution >= 4 is 11.7 Å². The first-order valence-corrected chi connectivity index (χ1v) is 7.58. The zero-order valence-electron chi connectivity index (χ0n) is 12.7. The molecular formula is C16H25N3O. The monoisotopic (exact) mass is 275 g/mol. The van der Waals surface area contributed by atoms with Crippen LogP contribution in [-0.4, -0.2) is 28.4 Å². The average Bonchev–Trinajstić information content (AvgIpc) is 3.18. The molecule has 110 valence electrons. The molecular weight excluding hydrogens is 250 g/mol. The van der Waals surface area contributed by atoms with E-state index in [-0.39, 0.29) is 11.9 Å². The van der Waals surface area contributed by atoms with E-state index in [4.69, 9.17) is 5.73 Å². The molecule has 0 aromatic carbocycles. The third kappa shape index (κ3) is 3.71. The molecule has 2 N–H and O–H groups in total. The number of amides is 1. The maximum atomic E-state index is 12.7. The van der Waals surface area contributed by atoms with Gasteiger partial charge < -0.3 is 10.6 Å². The molecule has 1 aromatic rings. The molecule has 0 bridgehead atoms. The first-order valence-electron chi connectivity index (χ1n) is 7.58. The van der Waals surface area contributed by atoms with Crippen LogP contribution in [0.4, 0.5) is 5.82 Å². The van der Waals surface area contributed by atoms with Crippen molar-refractivity contribution in [2.45, 2.75) is 52.5 Å². The maximum Gasteiger partial charge on any atom is 0.254 e. The molecule has 4 heteroatoms. The molecule has 1 amide bonds. The van der Waals surface area contributed by atoms with Crippen molar-refractivity contribution in [1.82, 2.24) is 9.88 Å². The van der Waals surface area contributed by atoms with Gasteiger partial charge in [0, 0.05) is 23.8 Å². The predicted molar refractivity (Wildman–Crippen MR) is 81.5 cm³/mol. The van der Waals surface area contributed by atoms with Crippen LogP contribution in [0.2, 0.25) is 0 Å². The van der Waals surface area contributed by atoms with E-state index in [9.17, 15) is 4.79 Å². The summed E-state index contributed by atoms with van der Waals surface area (Å²) in [5.41, 5.74) is 7.42. The third-order valence-electron chi connectivity index (χ3n) is 3.69. The summed E-state index contributed by atoms with van der Waals surface area (Å²) in [6.07, 6.45) is 4.35. The number of carbonyl (C=O) groups excluding carboxylic acids is 1. The molecule has 1 heterocycles. The van der Waals surface area contributed by atoms with Gasteiger partial charge in [-0.05, 0) is 51.2 Å². The van der Waals surface area contributed by atoms with Gasteiger partial charge in [0.1, 0.15) is 5.82 Å². The highest BCUT2D eigenvalue weighted by Gasteiger charge is 2.28. The number of nitrogens with zero attached hydrogens (tertiary/aromatic N) is 2. The lowest BCUT2D eigenvalue weighted by atomic mass is 10.1. The minimum Gasteiger partial charge on any atom is -0.384 e. The van der Waals surface area contributed by atoms with Gasteiger partial charge in [-0.2, -0.15) is 0 Å². The topological polar surface area (TPSA) is 59.2 Å². The molecule has 0 unspecified atom stereocenters. The van der Waals surface area contributed by atoms with Crippen molar-refractivity contribution in [1.29, 1.82) is 0 Å². The summed E-state index contributed by atoms with van der Waals surface area (Å²) < 4.78 is 0. The Hall–Kier alpha value is -1.58. The van der Waals surface area contributed by atoms with E-state index in [2.05, 4.69) is 25.8 Å². The number of pyridine rings is 1. The summed E-state index contributed by atoms with van der Waals surface area (Å²) in [6, 6.07) is 3.81. The van der Waals surface area contributed by atoms with Crippen LogP contribution in [0.15, 0.2) is 12.1 Å². The molecule has 0 atom stereocenters. The predicted octanol–water partition coefficient (Wildman–Crippen LogP) is 2.88. The summed E-state index contributed by atoms with van der Waals surface area (Å²) in [6.45, 7) is 7.09. The van der Waals surface area contributed by atoms with Crippen LogP contribution < -0.4 is 5.73 Å². The number of rotatable bonds is 6. The van der Waals surface area contributed by atoms with Crippen molar-refractivity contribution in [2.75, 3.05) is 12.3 Å². The van der Waals surface area contributed by atoms with Gasteiger partial charge in [0.2, 0.25) is 0 Å². The van der Waals surface area contributed by atoms with Crippen molar-refractivity contribution in [2.24, 2.45) is 5.92 Å². The number of aromatic nitrogens is 1. The summed E-state index contributed by atoms with van der Waals surface area (Å²) in [5, 5.41) is 0. The highest BCUT2D eigenvalue weighted by atomic mass is 16.2. The molecule has 0 radical (unpaired) electrons. The van der Waals surface area contributed by atoms with E-state index in [1.165, 1.54) is 12.8 Å². The Morgan fingerprint density at radius 1 is 1.45 bits per heavy atom. The Kier molecular flexibility index (Phi) is 4.63. The summed E-state index contributed by atoms with van der Waals surface area (Å²) in [7, 11) is 0. The molecule has 0 saturated heterocycles. The summed E-state index contributed by atoms with van der Waals surface area (Å²) in [4.78, 5) is 19.0. The lowest BCUT2D eigenvalue weighted by Gasteiger charge is -2.27. The zero-order valence-corrected chi connectivity index (χ0v) is 12.7.